The van der Waals surface area contributed by atoms with Gasteiger partial charge in [0.15, 0.2) is 0 Å². The van der Waals surface area contributed by atoms with Crippen LogP contribution in [-0.4, -0.2) is 48.2 Å². The monoisotopic (exact) mass is 413 g/mol. The second-order valence-corrected chi connectivity index (χ2v) is 8.91. The second kappa shape index (κ2) is 10.1. The van der Waals surface area contributed by atoms with E-state index >= 15 is 0 Å². The van der Waals surface area contributed by atoms with E-state index in [-0.39, 0.29) is 23.8 Å². The molecule has 0 aliphatic carbocycles. The third-order valence-electron chi connectivity index (χ3n) is 6.28. The molecule has 1 fully saturated rings. The van der Waals surface area contributed by atoms with Crippen LogP contribution >= 0.6 is 0 Å². The number of amides is 2. The lowest BCUT2D eigenvalue weighted by Crippen LogP contribution is -2.52. The van der Waals surface area contributed by atoms with Crippen molar-refractivity contribution in [2.45, 2.75) is 65.4 Å². The number of likely N-dealkylation sites (tertiary alicyclic amines) is 1. The Morgan fingerprint density at radius 1 is 1.23 bits per heavy atom. The van der Waals surface area contributed by atoms with E-state index in [0.29, 0.717) is 45.3 Å². The summed E-state index contributed by atoms with van der Waals surface area (Å²) in [5, 5.41) is 7.45. The number of nitrogens with zero attached hydrogens (tertiary/aromatic N) is 2. The van der Waals surface area contributed by atoms with Gasteiger partial charge in [0, 0.05) is 38.4 Å². The Morgan fingerprint density at radius 2 is 1.93 bits per heavy atom. The Kier molecular flexibility index (Phi) is 7.51. The summed E-state index contributed by atoms with van der Waals surface area (Å²) in [6, 6.07) is 10.0. The van der Waals surface area contributed by atoms with Gasteiger partial charge in [0.25, 0.3) is 0 Å². The minimum atomic E-state index is -0.506. The van der Waals surface area contributed by atoms with Gasteiger partial charge in [-0.15, -0.1) is 0 Å². The zero-order chi connectivity index (χ0) is 21.6. The van der Waals surface area contributed by atoms with Gasteiger partial charge in [-0.3, -0.25) is 9.59 Å². The van der Waals surface area contributed by atoms with Gasteiger partial charge in [0.1, 0.15) is 6.10 Å². The number of carbonyl (C=O) groups excluding carboxylic acids is 2. The van der Waals surface area contributed by atoms with Crippen LogP contribution in [0.3, 0.4) is 0 Å². The van der Waals surface area contributed by atoms with Crippen LogP contribution in [0.2, 0.25) is 0 Å². The zero-order valence-electron chi connectivity index (χ0n) is 18.5. The van der Waals surface area contributed by atoms with Crippen molar-refractivity contribution in [1.82, 2.24) is 10.2 Å². The molecular formula is C24H35N3O3. The number of benzene rings is 1. The minimum absolute atomic E-state index is 0.0177. The zero-order valence-corrected chi connectivity index (χ0v) is 18.5. The smallest absolute Gasteiger partial charge is 0.226 e. The molecule has 0 radical (unpaired) electrons. The highest BCUT2D eigenvalue weighted by molar-refractivity contribution is 6.01. The normalized spacial score (nSPS) is 20.6. The molecule has 0 spiro atoms. The molecule has 2 aliphatic rings. The van der Waals surface area contributed by atoms with Crippen LogP contribution < -0.4 is 5.32 Å². The van der Waals surface area contributed by atoms with Crippen molar-refractivity contribution in [3.8, 4) is 0 Å². The van der Waals surface area contributed by atoms with Gasteiger partial charge in [-0.1, -0.05) is 62.7 Å². The molecule has 1 saturated heterocycles. The lowest BCUT2D eigenvalue weighted by Gasteiger charge is -2.42. The van der Waals surface area contributed by atoms with Gasteiger partial charge in [0.2, 0.25) is 11.8 Å². The first-order chi connectivity index (χ1) is 14.4. The molecule has 1 aromatic rings. The minimum Gasteiger partial charge on any atom is -0.392 e. The maximum absolute atomic E-state index is 13.2. The van der Waals surface area contributed by atoms with Crippen LogP contribution in [0.4, 0.5) is 0 Å². The standard InChI is InChI=1S/C24H35N3O3/c1-4-5-13-25-23(29)24(11-14-27(15-12-24)22(28)18(2)3)17-20-16-21(26-30-20)19-9-7-6-8-10-19/h6-10,18,20H,4-5,11-17H2,1-3H3,(H,25,29). The van der Waals surface area contributed by atoms with Gasteiger partial charge in [-0.05, 0) is 24.8 Å². The number of piperidine rings is 1. The molecule has 2 aliphatic heterocycles. The first kappa shape index (κ1) is 22.3. The van der Waals surface area contributed by atoms with Gasteiger partial charge >= 0.3 is 0 Å². The van der Waals surface area contributed by atoms with E-state index in [2.05, 4.69) is 17.4 Å². The van der Waals surface area contributed by atoms with E-state index in [9.17, 15) is 9.59 Å². The molecule has 0 saturated carbocycles. The molecule has 6 heteroatoms. The topological polar surface area (TPSA) is 71.0 Å². The van der Waals surface area contributed by atoms with Crippen LogP contribution in [0, 0.1) is 11.3 Å². The molecule has 2 amide bonds. The van der Waals surface area contributed by atoms with Crippen molar-refractivity contribution in [3.05, 3.63) is 35.9 Å². The molecule has 1 unspecified atom stereocenters. The Morgan fingerprint density at radius 3 is 2.57 bits per heavy atom. The lowest BCUT2D eigenvalue weighted by molar-refractivity contribution is -0.144. The van der Waals surface area contributed by atoms with Crippen molar-refractivity contribution in [2.75, 3.05) is 19.6 Å². The van der Waals surface area contributed by atoms with Gasteiger partial charge in [0.05, 0.1) is 11.1 Å². The molecule has 2 heterocycles. The highest BCUT2D eigenvalue weighted by Gasteiger charge is 2.45. The van der Waals surface area contributed by atoms with Gasteiger partial charge in [-0.2, -0.15) is 0 Å². The van der Waals surface area contributed by atoms with Crippen molar-refractivity contribution < 1.29 is 14.4 Å². The number of rotatable bonds is 8. The molecule has 1 N–H and O–H groups in total. The molecular weight excluding hydrogens is 378 g/mol. The summed E-state index contributed by atoms with van der Waals surface area (Å²) in [4.78, 5) is 33.3. The van der Waals surface area contributed by atoms with Crippen LogP contribution in [0.15, 0.2) is 35.5 Å². The highest BCUT2D eigenvalue weighted by atomic mass is 16.6. The largest absolute Gasteiger partial charge is 0.392 e. The molecule has 0 bridgehead atoms. The van der Waals surface area contributed by atoms with Crippen molar-refractivity contribution in [2.24, 2.45) is 16.5 Å². The first-order valence-electron chi connectivity index (χ1n) is 11.3. The predicted molar refractivity (Wildman–Crippen MR) is 118 cm³/mol. The fraction of sp³-hybridized carbons (Fsp3) is 0.625. The first-order valence-corrected chi connectivity index (χ1v) is 11.3. The summed E-state index contributed by atoms with van der Waals surface area (Å²) in [6.45, 7) is 7.91. The number of carbonyl (C=O) groups is 2. The van der Waals surface area contributed by atoms with Gasteiger partial charge < -0.3 is 15.1 Å². The Bertz CT molecular complexity index is 752. The third kappa shape index (κ3) is 5.21. The summed E-state index contributed by atoms with van der Waals surface area (Å²) in [5.74, 6) is 0.252. The predicted octanol–water partition coefficient (Wildman–Crippen LogP) is 3.75. The van der Waals surface area contributed by atoms with Crippen molar-refractivity contribution >= 4 is 17.5 Å². The molecule has 6 nitrogen and oxygen atoms in total. The summed E-state index contributed by atoms with van der Waals surface area (Å²) in [7, 11) is 0. The fourth-order valence-electron chi connectivity index (χ4n) is 4.39. The third-order valence-corrected chi connectivity index (χ3v) is 6.28. The molecule has 1 aromatic carbocycles. The summed E-state index contributed by atoms with van der Waals surface area (Å²) in [5.41, 5.74) is 1.50. The summed E-state index contributed by atoms with van der Waals surface area (Å²) in [6.07, 6.45) is 4.60. The second-order valence-electron chi connectivity index (χ2n) is 8.91. The fourth-order valence-corrected chi connectivity index (χ4v) is 4.39. The van der Waals surface area contributed by atoms with E-state index in [1.807, 2.05) is 49.1 Å². The molecule has 164 valence electrons. The van der Waals surface area contributed by atoms with E-state index in [1.54, 1.807) is 0 Å². The number of oxime groups is 1. The van der Waals surface area contributed by atoms with Crippen LogP contribution in [0.25, 0.3) is 0 Å². The van der Waals surface area contributed by atoms with E-state index in [1.165, 1.54) is 0 Å². The van der Waals surface area contributed by atoms with Crippen LogP contribution in [-0.2, 0) is 14.4 Å². The number of nitrogens with one attached hydrogen (secondary N) is 1. The molecule has 1 atom stereocenters. The molecule has 0 aromatic heterocycles. The average Bonchev–Trinajstić information content (AvgIpc) is 3.22. The number of unbranched alkanes of at least 4 members (excludes halogenated alkanes) is 1. The van der Waals surface area contributed by atoms with Crippen molar-refractivity contribution in [3.63, 3.8) is 0 Å². The van der Waals surface area contributed by atoms with Crippen LogP contribution in [0.5, 0.6) is 0 Å². The average molecular weight is 414 g/mol. The Hall–Kier alpha value is -2.37. The maximum Gasteiger partial charge on any atom is 0.226 e. The number of hydrogen-bond acceptors (Lipinski definition) is 4. The van der Waals surface area contributed by atoms with E-state index in [4.69, 9.17) is 4.84 Å². The van der Waals surface area contributed by atoms with Crippen molar-refractivity contribution in [1.29, 1.82) is 0 Å². The summed E-state index contributed by atoms with van der Waals surface area (Å²) < 4.78 is 0. The quantitative estimate of drug-likeness (QED) is 0.660. The van der Waals surface area contributed by atoms with E-state index < -0.39 is 5.41 Å². The Labute approximate surface area is 180 Å². The maximum atomic E-state index is 13.2. The molecule has 3 rings (SSSR count). The molecule has 30 heavy (non-hydrogen) atoms. The SMILES string of the molecule is CCCCNC(=O)C1(CC2CC(c3ccccc3)=NO2)CCN(C(=O)C(C)C)CC1. The van der Waals surface area contributed by atoms with Gasteiger partial charge in [-0.25, -0.2) is 0 Å². The van der Waals surface area contributed by atoms with Crippen LogP contribution in [0.1, 0.15) is 64.9 Å². The Balaban J connectivity index is 1.67. The highest BCUT2D eigenvalue weighted by Crippen LogP contribution is 2.39. The lowest BCUT2D eigenvalue weighted by atomic mass is 9.72. The number of hydrogen-bond donors (Lipinski definition) is 1. The summed E-state index contributed by atoms with van der Waals surface area (Å²) >= 11 is 0. The van der Waals surface area contributed by atoms with E-state index in [0.717, 1.165) is 24.1 Å².